The highest BCUT2D eigenvalue weighted by molar-refractivity contribution is 7.08. The highest BCUT2D eigenvalue weighted by Crippen LogP contribution is 2.28. The van der Waals surface area contributed by atoms with Crippen molar-refractivity contribution in [3.8, 4) is 11.4 Å². The molecule has 2 aromatic heterocycles. The van der Waals surface area contributed by atoms with Gasteiger partial charge in [0.1, 0.15) is 0 Å². The maximum atomic E-state index is 12.0. The van der Waals surface area contributed by atoms with Crippen LogP contribution in [0.1, 0.15) is 32.6 Å². The Kier molecular flexibility index (Phi) is 3.44. The molecule has 0 atom stereocenters. The molecule has 112 valence electrons. The minimum absolute atomic E-state index is 0.0451. The number of urea groups is 1. The molecule has 0 aliphatic carbocycles. The van der Waals surface area contributed by atoms with Crippen LogP contribution < -0.4 is 5.32 Å². The number of rotatable bonds is 2. The molecule has 2 aromatic rings. The summed E-state index contributed by atoms with van der Waals surface area (Å²) in [5.74, 6) is 1.36. The Labute approximate surface area is 127 Å². The predicted molar refractivity (Wildman–Crippen MR) is 80.2 cm³/mol. The molecule has 0 unspecified atom stereocenters. The topological polar surface area (TPSA) is 71.3 Å². The standard InChI is InChI=1S/C14H18N4O2S/c1-14(2,3)16-13(19)18-6-10(7-18)12-15-11(17-20-12)9-4-5-21-8-9/h4-5,8,10H,6-7H2,1-3H3,(H,16,19). The molecule has 1 aliphatic rings. The number of amides is 2. The molecule has 1 fully saturated rings. The maximum absolute atomic E-state index is 12.0. The average Bonchev–Trinajstić information content (AvgIpc) is 2.93. The molecule has 2 amide bonds. The van der Waals surface area contributed by atoms with Gasteiger partial charge in [-0.1, -0.05) is 5.16 Å². The monoisotopic (exact) mass is 306 g/mol. The van der Waals surface area contributed by atoms with Crippen molar-refractivity contribution in [1.82, 2.24) is 20.4 Å². The third-order valence-electron chi connectivity index (χ3n) is 3.22. The van der Waals surface area contributed by atoms with Crippen LogP contribution in [0.5, 0.6) is 0 Å². The normalized spacial score (nSPS) is 15.9. The Bertz CT molecular complexity index is 624. The van der Waals surface area contributed by atoms with Crippen molar-refractivity contribution in [3.63, 3.8) is 0 Å². The number of likely N-dealkylation sites (tertiary alicyclic amines) is 1. The minimum Gasteiger partial charge on any atom is -0.339 e. The first kappa shape index (κ1) is 14.1. The molecule has 21 heavy (non-hydrogen) atoms. The molecule has 3 rings (SSSR count). The number of aromatic nitrogens is 2. The summed E-state index contributed by atoms with van der Waals surface area (Å²) in [6.07, 6.45) is 0. The lowest BCUT2D eigenvalue weighted by molar-refractivity contribution is 0.131. The van der Waals surface area contributed by atoms with E-state index in [9.17, 15) is 4.79 Å². The number of thiophene rings is 1. The van der Waals surface area contributed by atoms with E-state index in [1.54, 1.807) is 16.2 Å². The zero-order chi connectivity index (χ0) is 15.0. The number of hydrogen-bond acceptors (Lipinski definition) is 5. The van der Waals surface area contributed by atoms with Gasteiger partial charge in [0.15, 0.2) is 0 Å². The number of hydrogen-bond donors (Lipinski definition) is 1. The molecular formula is C14H18N4O2S. The molecule has 3 heterocycles. The largest absolute Gasteiger partial charge is 0.339 e. The summed E-state index contributed by atoms with van der Waals surface area (Å²) in [5, 5.41) is 10.9. The van der Waals surface area contributed by atoms with Crippen LogP contribution in [0.15, 0.2) is 21.3 Å². The van der Waals surface area contributed by atoms with E-state index in [0.29, 0.717) is 24.8 Å². The molecule has 1 saturated heterocycles. The number of carbonyl (C=O) groups is 1. The van der Waals surface area contributed by atoms with Crippen molar-refractivity contribution in [3.05, 3.63) is 22.7 Å². The Hall–Kier alpha value is -1.89. The van der Waals surface area contributed by atoms with Crippen molar-refractivity contribution in [2.45, 2.75) is 32.2 Å². The van der Waals surface area contributed by atoms with Gasteiger partial charge in [-0.25, -0.2) is 4.79 Å². The van der Waals surface area contributed by atoms with E-state index in [2.05, 4.69) is 15.5 Å². The SMILES string of the molecule is CC(C)(C)NC(=O)N1CC(c2nc(-c3ccsc3)no2)C1. The van der Waals surface area contributed by atoms with Gasteiger partial charge in [0.2, 0.25) is 11.7 Å². The second-order valence-electron chi connectivity index (χ2n) is 6.25. The van der Waals surface area contributed by atoms with Crippen LogP contribution in [0.3, 0.4) is 0 Å². The van der Waals surface area contributed by atoms with E-state index in [-0.39, 0.29) is 17.5 Å². The molecule has 0 aromatic carbocycles. The first-order valence-electron chi connectivity index (χ1n) is 6.85. The summed E-state index contributed by atoms with van der Waals surface area (Å²) in [6, 6.07) is 1.92. The minimum atomic E-state index is -0.223. The van der Waals surface area contributed by atoms with Gasteiger partial charge < -0.3 is 14.7 Å². The second-order valence-corrected chi connectivity index (χ2v) is 7.03. The van der Waals surface area contributed by atoms with Gasteiger partial charge in [0.05, 0.1) is 5.92 Å². The Morgan fingerprint density at radius 3 is 2.86 bits per heavy atom. The van der Waals surface area contributed by atoms with Gasteiger partial charge >= 0.3 is 6.03 Å². The van der Waals surface area contributed by atoms with Gasteiger partial charge in [-0.3, -0.25) is 0 Å². The Morgan fingerprint density at radius 1 is 1.48 bits per heavy atom. The molecule has 0 spiro atoms. The molecule has 1 N–H and O–H groups in total. The molecule has 6 nitrogen and oxygen atoms in total. The summed E-state index contributed by atoms with van der Waals surface area (Å²) in [6.45, 7) is 7.13. The van der Waals surface area contributed by atoms with Crippen molar-refractivity contribution in [2.24, 2.45) is 0 Å². The summed E-state index contributed by atoms with van der Waals surface area (Å²) in [7, 11) is 0. The average molecular weight is 306 g/mol. The van der Waals surface area contributed by atoms with Crippen LogP contribution in [0.25, 0.3) is 11.4 Å². The smallest absolute Gasteiger partial charge is 0.317 e. The Balaban J connectivity index is 1.58. The zero-order valence-corrected chi connectivity index (χ0v) is 13.1. The third-order valence-corrected chi connectivity index (χ3v) is 3.90. The molecule has 1 aliphatic heterocycles. The summed E-state index contributed by atoms with van der Waals surface area (Å²) < 4.78 is 5.31. The number of carbonyl (C=O) groups excluding carboxylic acids is 1. The lowest BCUT2D eigenvalue weighted by atomic mass is 10.0. The van der Waals surface area contributed by atoms with E-state index in [1.165, 1.54) is 0 Å². The fourth-order valence-corrected chi connectivity index (χ4v) is 2.74. The predicted octanol–water partition coefficient (Wildman–Crippen LogP) is 2.71. The van der Waals surface area contributed by atoms with Gasteiger partial charge in [-0.2, -0.15) is 16.3 Å². The van der Waals surface area contributed by atoms with E-state index < -0.39 is 0 Å². The van der Waals surface area contributed by atoms with Gasteiger partial charge in [0.25, 0.3) is 0 Å². The summed E-state index contributed by atoms with van der Waals surface area (Å²) >= 11 is 1.60. The maximum Gasteiger partial charge on any atom is 0.317 e. The van der Waals surface area contributed by atoms with E-state index in [1.807, 2.05) is 37.6 Å². The van der Waals surface area contributed by atoms with Crippen LogP contribution in [0.4, 0.5) is 4.79 Å². The fourth-order valence-electron chi connectivity index (χ4n) is 2.11. The molecular weight excluding hydrogens is 288 g/mol. The second kappa shape index (κ2) is 5.14. The lowest BCUT2D eigenvalue weighted by Gasteiger charge is -2.38. The quantitative estimate of drug-likeness (QED) is 0.926. The van der Waals surface area contributed by atoms with Crippen molar-refractivity contribution in [1.29, 1.82) is 0 Å². The van der Waals surface area contributed by atoms with E-state index in [4.69, 9.17) is 4.52 Å². The van der Waals surface area contributed by atoms with Crippen LogP contribution >= 0.6 is 11.3 Å². The van der Waals surface area contributed by atoms with Gasteiger partial charge in [-0.15, -0.1) is 0 Å². The lowest BCUT2D eigenvalue weighted by Crippen LogP contribution is -2.56. The summed E-state index contributed by atoms with van der Waals surface area (Å²) in [4.78, 5) is 18.1. The first-order valence-corrected chi connectivity index (χ1v) is 7.80. The van der Waals surface area contributed by atoms with Gasteiger partial charge in [-0.05, 0) is 32.2 Å². The Morgan fingerprint density at radius 2 is 2.24 bits per heavy atom. The molecule has 0 saturated carbocycles. The first-order chi connectivity index (χ1) is 9.92. The van der Waals surface area contributed by atoms with Gasteiger partial charge in [0, 0.05) is 29.6 Å². The van der Waals surface area contributed by atoms with Crippen LogP contribution in [-0.2, 0) is 0 Å². The highest BCUT2D eigenvalue weighted by atomic mass is 32.1. The summed E-state index contributed by atoms with van der Waals surface area (Å²) in [5.41, 5.74) is 0.746. The van der Waals surface area contributed by atoms with Crippen molar-refractivity contribution < 1.29 is 9.32 Å². The zero-order valence-electron chi connectivity index (χ0n) is 12.3. The van der Waals surface area contributed by atoms with E-state index >= 15 is 0 Å². The van der Waals surface area contributed by atoms with Crippen LogP contribution in [-0.4, -0.2) is 39.7 Å². The van der Waals surface area contributed by atoms with Crippen LogP contribution in [0.2, 0.25) is 0 Å². The number of nitrogens with zero attached hydrogens (tertiary/aromatic N) is 3. The molecule has 7 heteroatoms. The molecule has 0 radical (unpaired) electrons. The van der Waals surface area contributed by atoms with Crippen molar-refractivity contribution >= 4 is 17.4 Å². The van der Waals surface area contributed by atoms with E-state index in [0.717, 1.165) is 5.56 Å². The third kappa shape index (κ3) is 3.07. The van der Waals surface area contributed by atoms with Crippen LogP contribution in [0, 0.1) is 0 Å². The van der Waals surface area contributed by atoms with Crippen molar-refractivity contribution in [2.75, 3.05) is 13.1 Å². The fraction of sp³-hybridized carbons (Fsp3) is 0.500. The molecule has 0 bridgehead atoms. The highest BCUT2D eigenvalue weighted by Gasteiger charge is 2.36. The number of nitrogens with one attached hydrogen (secondary N) is 1.